The summed E-state index contributed by atoms with van der Waals surface area (Å²) in [4.78, 5) is 26.8. The minimum atomic E-state index is -0.876. The van der Waals surface area contributed by atoms with Gasteiger partial charge in [0, 0.05) is 19.5 Å². The van der Waals surface area contributed by atoms with Crippen LogP contribution in [0.15, 0.2) is 46.9 Å². The first-order chi connectivity index (χ1) is 12.6. The van der Waals surface area contributed by atoms with Gasteiger partial charge in [0.2, 0.25) is 5.89 Å². The summed E-state index contributed by atoms with van der Waals surface area (Å²) in [5.74, 6) is -0.393. The third-order valence-electron chi connectivity index (χ3n) is 4.64. The number of nitrogens with zero attached hydrogens (tertiary/aromatic N) is 3. The third kappa shape index (κ3) is 3.24. The van der Waals surface area contributed by atoms with Gasteiger partial charge in [-0.1, -0.05) is 42.5 Å². The lowest BCUT2D eigenvalue weighted by Crippen LogP contribution is -2.41. The quantitative estimate of drug-likeness (QED) is 0.603. The molecule has 0 saturated carbocycles. The molecule has 136 valence electrons. The molecule has 0 spiro atoms. The van der Waals surface area contributed by atoms with E-state index in [1.165, 1.54) is 7.11 Å². The zero-order valence-corrected chi connectivity index (χ0v) is 14.8. The van der Waals surface area contributed by atoms with Crippen molar-refractivity contribution in [1.29, 1.82) is 0 Å². The molecule has 0 radical (unpaired) electrons. The van der Waals surface area contributed by atoms with Gasteiger partial charge in [-0.25, -0.2) is 0 Å². The van der Waals surface area contributed by atoms with E-state index >= 15 is 0 Å². The van der Waals surface area contributed by atoms with E-state index in [2.05, 4.69) is 10.2 Å². The SMILES string of the molecule is C/C=C/Cc1nnc(C(=O)N2CC[C@](C(=O)OC)(c3ccccc3)C2)o1. The van der Waals surface area contributed by atoms with Crippen molar-refractivity contribution in [2.24, 2.45) is 0 Å². The van der Waals surface area contributed by atoms with Gasteiger partial charge in [0.1, 0.15) is 5.41 Å². The van der Waals surface area contributed by atoms with Crippen molar-refractivity contribution in [2.75, 3.05) is 20.2 Å². The van der Waals surface area contributed by atoms with Gasteiger partial charge in [0.15, 0.2) is 0 Å². The van der Waals surface area contributed by atoms with Crippen LogP contribution in [0.1, 0.15) is 35.5 Å². The van der Waals surface area contributed by atoms with Crippen molar-refractivity contribution in [3.63, 3.8) is 0 Å². The van der Waals surface area contributed by atoms with Crippen LogP contribution in [0.5, 0.6) is 0 Å². The molecule has 1 atom stereocenters. The standard InChI is InChI=1S/C19H21N3O4/c1-3-4-10-15-20-21-16(26-15)17(23)22-12-11-19(13-22,18(24)25-2)14-8-6-5-7-9-14/h3-9H,10-13H2,1-2H3/b4-3+/t19-/m1/s1. The van der Waals surface area contributed by atoms with Crippen molar-refractivity contribution >= 4 is 11.9 Å². The Balaban J connectivity index is 1.82. The molecule has 2 heterocycles. The van der Waals surface area contributed by atoms with Gasteiger partial charge in [0.05, 0.1) is 7.11 Å². The number of esters is 1. The molecule has 1 aliphatic rings. The molecule has 1 aromatic heterocycles. The molecule has 3 rings (SSSR count). The van der Waals surface area contributed by atoms with E-state index in [0.29, 0.717) is 25.3 Å². The number of amides is 1. The van der Waals surface area contributed by atoms with Crippen LogP contribution in [0.4, 0.5) is 0 Å². The Hall–Kier alpha value is -2.96. The molecule has 1 fully saturated rings. The number of allylic oxidation sites excluding steroid dienone is 2. The molecule has 0 N–H and O–H groups in total. The highest BCUT2D eigenvalue weighted by molar-refractivity contribution is 5.92. The minimum Gasteiger partial charge on any atom is -0.468 e. The molecule has 1 saturated heterocycles. The number of likely N-dealkylation sites (tertiary alicyclic amines) is 1. The number of hydrogen-bond acceptors (Lipinski definition) is 6. The Morgan fingerprint density at radius 1 is 1.31 bits per heavy atom. The van der Waals surface area contributed by atoms with Gasteiger partial charge in [-0.2, -0.15) is 0 Å². The molecule has 7 nitrogen and oxygen atoms in total. The average Bonchev–Trinajstić information content (AvgIpc) is 3.34. The number of hydrogen-bond donors (Lipinski definition) is 0. The number of rotatable bonds is 5. The van der Waals surface area contributed by atoms with Crippen LogP contribution in [0.2, 0.25) is 0 Å². The summed E-state index contributed by atoms with van der Waals surface area (Å²) < 4.78 is 10.5. The fraction of sp³-hybridized carbons (Fsp3) is 0.368. The molecule has 0 unspecified atom stereocenters. The Bertz CT molecular complexity index is 815. The first kappa shape index (κ1) is 17.8. The first-order valence-electron chi connectivity index (χ1n) is 8.47. The molecule has 0 bridgehead atoms. The number of carbonyl (C=O) groups is 2. The summed E-state index contributed by atoms with van der Waals surface area (Å²) in [6.07, 6.45) is 4.70. The zero-order chi connectivity index (χ0) is 18.6. The third-order valence-corrected chi connectivity index (χ3v) is 4.64. The topological polar surface area (TPSA) is 85.5 Å². The summed E-state index contributed by atoms with van der Waals surface area (Å²) in [7, 11) is 1.36. The summed E-state index contributed by atoms with van der Waals surface area (Å²) in [5, 5.41) is 7.73. The van der Waals surface area contributed by atoms with Crippen LogP contribution >= 0.6 is 0 Å². The fourth-order valence-corrected chi connectivity index (χ4v) is 3.23. The van der Waals surface area contributed by atoms with Crippen molar-refractivity contribution in [3.8, 4) is 0 Å². The number of carbonyl (C=O) groups excluding carboxylic acids is 2. The number of aromatic nitrogens is 2. The number of benzene rings is 1. The van der Waals surface area contributed by atoms with E-state index < -0.39 is 5.41 Å². The minimum absolute atomic E-state index is 0.0572. The van der Waals surface area contributed by atoms with E-state index in [1.54, 1.807) is 4.90 Å². The number of methoxy groups -OCH3 is 1. The first-order valence-corrected chi connectivity index (χ1v) is 8.47. The summed E-state index contributed by atoms with van der Waals surface area (Å²) in [5.41, 5.74) is -0.0408. The monoisotopic (exact) mass is 355 g/mol. The van der Waals surface area contributed by atoms with Gasteiger partial charge < -0.3 is 14.1 Å². The lowest BCUT2D eigenvalue weighted by molar-refractivity contribution is -0.147. The van der Waals surface area contributed by atoms with Gasteiger partial charge in [-0.05, 0) is 18.9 Å². The molecular weight excluding hydrogens is 334 g/mol. The maximum atomic E-state index is 12.7. The van der Waals surface area contributed by atoms with Gasteiger partial charge in [-0.3, -0.25) is 9.59 Å². The van der Waals surface area contributed by atoms with E-state index in [1.807, 2.05) is 49.4 Å². The van der Waals surface area contributed by atoms with Crippen molar-refractivity contribution in [1.82, 2.24) is 15.1 Å². The second-order valence-electron chi connectivity index (χ2n) is 6.19. The maximum Gasteiger partial charge on any atom is 0.318 e. The largest absolute Gasteiger partial charge is 0.468 e. The fourth-order valence-electron chi connectivity index (χ4n) is 3.23. The highest BCUT2D eigenvalue weighted by Crippen LogP contribution is 2.36. The highest BCUT2D eigenvalue weighted by Gasteiger charge is 2.49. The molecular formula is C19H21N3O4. The molecule has 7 heteroatoms. The second-order valence-corrected chi connectivity index (χ2v) is 6.19. The van der Waals surface area contributed by atoms with Crippen molar-refractivity contribution in [3.05, 3.63) is 59.8 Å². The van der Waals surface area contributed by atoms with Crippen LogP contribution in [-0.4, -0.2) is 47.2 Å². The van der Waals surface area contributed by atoms with Crippen LogP contribution in [0, 0.1) is 0 Å². The summed E-state index contributed by atoms with van der Waals surface area (Å²) in [6.45, 7) is 2.52. The Labute approximate surface area is 151 Å². The van der Waals surface area contributed by atoms with Gasteiger partial charge >= 0.3 is 17.8 Å². The highest BCUT2D eigenvalue weighted by atomic mass is 16.5. The van der Waals surface area contributed by atoms with Crippen LogP contribution in [-0.2, 0) is 21.4 Å². The smallest absolute Gasteiger partial charge is 0.318 e. The predicted molar refractivity (Wildman–Crippen MR) is 93.5 cm³/mol. The molecule has 2 aromatic rings. The van der Waals surface area contributed by atoms with Crippen LogP contribution in [0.3, 0.4) is 0 Å². The van der Waals surface area contributed by atoms with E-state index in [9.17, 15) is 9.59 Å². The zero-order valence-electron chi connectivity index (χ0n) is 14.8. The second kappa shape index (κ2) is 7.51. The molecule has 0 aliphatic carbocycles. The van der Waals surface area contributed by atoms with Crippen LogP contribution in [0.25, 0.3) is 0 Å². The van der Waals surface area contributed by atoms with E-state index in [4.69, 9.17) is 9.15 Å². The van der Waals surface area contributed by atoms with Crippen molar-refractivity contribution < 1.29 is 18.7 Å². The Morgan fingerprint density at radius 3 is 2.77 bits per heavy atom. The number of ether oxygens (including phenoxy) is 1. The van der Waals surface area contributed by atoms with Gasteiger partial charge in [0.25, 0.3) is 0 Å². The molecule has 1 aliphatic heterocycles. The molecule has 1 aromatic carbocycles. The summed E-state index contributed by atoms with van der Waals surface area (Å²) >= 11 is 0. The van der Waals surface area contributed by atoms with E-state index in [0.717, 1.165) is 5.56 Å². The summed E-state index contributed by atoms with van der Waals surface area (Å²) in [6, 6.07) is 9.39. The Kier molecular flexibility index (Phi) is 5.16. The molecule has 26 heavy (non-hydrogen) atoms. The van der Waals surface area contributed by atoms with Gasteiger partial charge in [-0.15, -0.1) is 10.2 Å². The van der Waals surface area contributed by atoms with Crippen LogP contribution < -0.4 is 0 Å². The average molecular weight is 355 g/mol. The normalized spacial score (nSPS) is 19.8. The van der Waals surface area contributed by atoms with E-state index in [-0.39, 0.29) is 24.3 Å². The lowest BCUT2D eigenvalue weighted by Gasteiger charge is -2.26. The Morgan fingerprint density at radius 2 is 2.08 bits per heavy atom. The predicted octanol–water partition coefficient (Wildman–Crippen LogP) is 2.15. The van der Waals surface area contributed by atoms with Crippen molar-refractivity contribution in [2.45, 2.75) is 25.2 Å². The molecule has 1 amide bonds. The lowest BCUT2D eigenvalue weighted by atomic mass is 9.79. The maximum absolute atomic E-state index is 12.7.